The molecule has 0 aromatic carbocycles. The van der Waals surface area contributed by atoms with E-state index in [4.69, 9.17) is 15.7 Å². The van der Waals surface area contributed by atoms with Crippen molar-refractivity contribution in [2.24, 2.45) is 10.9 Å². The summed E-state index contributed by atoms with van der Waals surface area (Å²) >= 11 is 0. The van der Waals surface area contributed by atoms with Crippen LogP contribution in [-0.4, -0.2) is 32.8 Å². The van der Waals surface area contributed by atoms with Crippen molar-refractivity contribution in [3.63, 3.8) is 0 Å². The zero-order chi connectivity index (χ0) is 10.8. The Labute approximate surface area is 84.8 Å². The van der Waals surface area contributed by atoms with Crippen LogP contribution in [0.4, 0.5) is 0 Å². The van der Waals surface area contributed by atoms with Crippen molar-refractivity contribution in [1.29, 1.82) is 0 Å². The number of hydrogen-bond acceptors (Lipinski definition) is 5. The molecular formula is C8H9N5O2. The van der Waals surface area contributed by atoms with Crippen LogP contribution in [0.2, 0.25) is 0 Å². The summed E-state index contributed by atoms with van der Waals surface area (Å²) in [7, 11) is 1.51. The highest BCUT2D eigenvalue weighted by molar-refractivity contribution is 5.95. The molecule has 2 rings (SSSR count). The van der Waals surface area contributed by atoms with Gasteiger partial charge in [-0.25, -0.2) is 9.50 Å². The minimum Gasteiger partial charge on any atom is -0.480 e. The van der Waals surface area contributed by atoms with Crippen LogP contribution >= 0.6 is 0 Å². The van der Waals surface area contributed by atoms with Crippen molar-refractivity contribution >= 4 is 11.5 Å². The number of ether oxygens (including phenoxy) is 1. The second kappa shape index (κ2) is 3.45. The first-order valence-electron chi connectivity index (χ1n) is 4.13. The number of imidazole rings is 1. The largest absolute Gasteiger partial charge is 0.480 e. The number of nitrogens with zero attached hydrogens (tertiary/aromatic N) is 4. The van der Waals surface area contributed by atoms with E-state index in [0.717, 1.165) is 0 Å². The molecule has 2 heterocycles. The van der Waals surface area contributed by atoms with Crippen molar-refractivity contribution in [2.45, 2.75) is 0 Å². The summed E-state index contributed by atoms with van der Waals surface area (Å²) in [4.78, 5) is 4.04. The third kappa shape index (κ3) is 1.43. The SMILES string of the molecule is COc1ccc2ncc(/C(N)=N\O)n2n1. The average molecular weight is 207 g/mol. The Morgan fingerprint density at radius 2 is 2.40 bits per heavy atom. The van der Waals surface area contributed by atoms with Gasteiger partial charge in [-0.1, -0.05) is 5.16 Å². The van der Waals surface area contributed by atoms with E-state index < -0.39 is 0 Å². The topological polar surface area (TPSA) is 98.0 Å². The maximum absolute atomic E-state index is 8.56. The summed E-state index contributed by atoms with van der Waals surface area (Å²) in [6.45, 7) is 0. The predicted octanol–water partition coefficient (Wildman–Crippen LogP) is -0.168. The number of fused-ring (bicyclic) bond motifs is 1. The average Bonchev–Trinajstić information content (AvgIpc) is 2.70. The van der Waals surface area contributed by atoms with Gasteiger partial charge in [0.25, 0.3) is 0 Å². The summed E-state index contributed by atoms with van der Waals surface area (Å²) in [6.07, 6.45) is 1.47. The van der Waals surface area contributed by atoms with Gasteiger partial charge in [0.1, 0.15) is 5.69 Å². The summed E-state index contributed by atoms with van der Waals surface area (Å²) in [5.41, 5.74) is 6.46. The minimum absolute atomic E-state index is 0.0525. The molecule has 0 bridgehead atoms. The third-order valence-electron chi connectivity index (χ3n) is 1.92. The van der Waals surface area contributed by atoms with Crippen molar-refractivity contribution in [3.8, 4) is 5.88 Å². The molecule has 7 nitrogen and oxygen atoms in total. The van der Waals surface area contributed by atoms with E-state index in [1.165, 1.54) is 17.8 Å². The van der Waals surface area contributed by atoms with Gasteiger partial charge >= 0.3 is 0 Å². The molecule has 0 atom stereocenters. The quantitative estimate of drug-likeness (QED) is 0.308. The molecule has 2 aromatic rings. The Hall–Kier alpha value is -2.31. The van der Waals surface area contributed by atoms with Crippen LogP contribution in [0, 0.1) is 0 Å². The highest BCUT2D eigenvalue weighted by Gasteiger charge is 2.09. The molecule has 0 fully saturated rings. The zero-order valence-electron chi connectivity index (χ0n) is 7.95. The maximum atomic E-state index is 8.56. The first kappa shape index (κ1) is 9.25. The van der Waals surface area contributed by atoms with Crippen molar-refractivity contribution in [1.82, 2.24) is 14.6 Å². The number of aromatic nitrogens is 3. The molecule has 0 radical (unpaired) electrons. The maximum Gasteiger partial charge on any atom is 0.231 e. The first-order chi connectivity index (χ1) is 7.26. The molecule has 0 saturated heterocycles. The summed E-state index contributed by atoms with van der Waals surface area (Å²) in [5, 5.41) is 15.5. The fraction of sp³-hybridized carbons (Fsp3) is 0.125. The lowest BCUT2D eigenvalue weighted by Crippen LogP contribution is -2.16. The standard InChI is InChI=1S/C8H9N5O2/c1-15-7-3-2-6-10-4-5(8(9)12-14)13(6)11-7/h2-4,14H,1H3,(H2,9,12). The molecule has 3 N–H and O–H groups in total. The Bertz CT molecular complexity index is 519. The smallest absolute Gasteiger partial charge is 0.231 e. The molecule has 0 spiro atoms. The van der Waals surface area contributed by atoms with Crippen LogP contribution in [0.15, 0.2) is 23.5 Å². The van der Waals surface area contributed by atoms with Gasteiger partial charge < -0.3 is 15.7 Å². The second-order valence-electron chi connectivity index (χ2n) is 2.77. The van der Waals surface area contributed by atoms with E-state index >= 15 is 0 Å². The van der Waals surface area contributed by atoms with E-state index in [9.17, 15) is 0 Å². The van der Waals surface area contributed by atoms with E-state index in [2.05, 4.69) is 15.2 Å². The summed E-state index contributed by atoms with van der Waals surface area (Å²) < 4.78 is 6.40. The number of hydrogen-bond donors (Lipinski definition) is 2. The van der Waals surface area contributed by atoms with Crippen LogP contribution in [0.25, 0.3) is 5.65 Å². The van der Waals surface area contributed by atoms with Gasteiger partial charge in [-0.3, -0.25) is 0 Å². The molecule has 0 aliphatic carbocycles. The Morgan fingerprint density at radius 1 is 1.60 bits per heavy atom. The monoisotopic (exact) mass is 207 g/mol. The molecule has 0 unspecified atom stereocenters. The number of nitrogens with two attached hydrogens (primary N) is 1. The molecule has 0 aliphatic heterocycles. The van der Waals surface area contributed by atoms with Crippen molar-refractivity contribution in [2.75, 3.05) is 7.11 Å². The number of methoxy groups -OCH3 is 1. The van der Waals surface area contributed by atoms with Crippen LogP contribution in [0.1, 0.15) is 5.69 Å². The molecule has 78 valence electrons. The van der Waals surface area contributed by atoms with Gasteiger partial charge in [0, 0.05) is 6.07 Å². The van der Waals surface area contributed by atoms with Gasteiger partial charge in [0.05, 0.1) is 13.3 Å². The molecule has 0 saturated carbocycles. The molecule has 0 amide bonds. The third-order valence-corrected chi connectivity index (χ3v) is 1.92. The van der Waals surface area contributed by atoms with E-state index in [1.807, 2.05) is 0 Å². The van der Waals surface area contributed by atoms with Crippen LogP contribution < -0.4 is 10.5 Å². The van der Waals surface area contributed by atoms with Crippen molar-refractivity contribution in [3.05, 3.63) is 24.0 Å². The van der Waals surface area contributed by atoms with Crippen molar-refractivity contribution < 1.29 is 9.94 Å². The number of rotatable bonds is 2. The zero-order valence-corrected chi connectivity index (χ0v) is 7.95. The fourth-order valence-electron chi connectivity index (χ4n) is 1.19. The van der Waals surface area contributed by atoms with Crippen LogP contribution in [0.5, 0.6) is 5.88 Å². The lowest BCUT2D eigenvalue weighted by atomic mass is 10.4. The minimum atomic E-state index is -0.0525. The Kier molecular flexibility index (Phi) is 2.13. The lowest BCUT2D eigenvalue weighted by molar-refractivity contribution is 0.318. The second-order valence-corrected chi connectivity index (χ2v) is 2.77. The lowest BCUT2D eigenvalue weighted by Gasteiger charge is -2.01. The molecule has 7 heteroatoms. The Morgan fingerprint density at radius 3 is 3.07 bits per heavy atom. The highest BCUT2D eigenvalue weighted by atomic mass is 16.5. The number of amidine groups is 1. The molecule has 2 aromatic heterocycles. The van der Waals surface area contributed by atoms with Gasteiger partial charge in [-0.05, 0) is 6.07 Å². The molecular weight excluding hydrogens is 198 g/mol. The summed E-state index contributed by atoms with van der Waals surface area (Å²) in [6, 6.07) is 3.40. The van der Waals surface area contributed by atoms with Gasteiger partial charge in [0.15, 0.2) is 11.5 Å². The molecule has 0 aliphatic rings. The molecule has 15 heavy (non-hydrogen) atoms. The van der Waals surface area contributed by atoms with Gasteiger partial charge in [-0.15, -0.1) is 5.10 Å². The highest BCUT2D eigenvalue weighted by Crippen LogP contribution is 2.09. The summed E-state index contributed by atoms with van der Waals surface area (Å²) in [5.74, 6) is 0.371. The normalized spacial score (nSPS) is 11.9. The van der Waals surface area contributed by atoms with Crippen LogP contribution in [0.3, 0.4) is 0 Å². The fourth-order valence-corrected chi connectivity index (χ4v) is 1.19. The predicted molar refractivity (Wildman–Crippen MR) is 52.0 cm³/mol. The van der Waals surface area contributed by atoms with E-state index in [0.29, 0.717) is 17.2 Å². The van der Waals surface area contributed by atoms with Gasteiger partial charge in [0.2, 0.25) is 5.88 Å². The Balaban J connectivity index is 2.66. The van der Waals surface area contributed by atoms with E-state index in [-0.39, 0.29) is 5.84 Å². The van der Waals surface area contributed by atoms with Crippen LogP contribution in [-0.2, 0) is 0 Å². The van der Waals surface area contributed by atoms with Gasteiger partial charge in [-0.2, -0.15) is 0 Å². The number of oxime groups is 1. The van der Waals surface area contributed by atoms with E-state index in [1.54, 1.807) is 12.1 Å². The first-order valence-corrected chi connectivity index (χ1v) is 4.13.